The van der Waals surface area contributed by atoms with Crippen LogP contribution in [-0.2, 0) is 10.3 Å². The van der Waals surface area contributed by atoms with Gasteiger partial charge in [-0.25, -0.2) is 4.68 Å². The first-order valence-electron chi connectivity index (χ1n) is 6.86. The minimum Gasteiger partial charge on any atom is -0.390 e. The summed E-state index contributed by atoms with van der Waals surface area (Å²) >= 11 is 0. The lowest BCUT2D eigenvalue weighted by Crippen LogP contribution is -2.24. The molecule has 1 saturated carbocycles. The third-order valence-electron chi connectivity index (χ3n) is 3.81. The van der Waals surface area contributed by atoms with Crippen molar-refractivity contribution >= 4 is 5.82 Å². The summed E-state index contributed by atoms with van der Waals surface area (Å²) < 4.78 is 7.31. The number of methoxy groups -OCH3 is 1. The first kappa shape index (κ1) is 14.3. The zero-order valence-corrected chi connectivity index (χ0v) is 12.5. The van der Waals surface area contributed by atoms with Gasteiger partial charge in [-0.3, -0.25) is 0 Å². The zero-order chi connectivity index (χ0) is 14.2. The number of aliphatic hydroxyl groups is 1. The average Bonchev–Trinajstić information content (AvgIpc) is 2.91. The average molecular weight is 267 g/mol. The van der Waals surface area contributed by atoms with Crippen LogP contribution in [0.2, 0.25) is 0 Å². The highest BCUT2D eigenvalue weighted by molar-refractivity contribution is 5.39. The molecule has 1 fully saturated rings. The molecule has 1 aliphatic rings. The molecule has 0 saturated heterocycles. The molecule has 0 bridgehead atoms. The van der Waals surface area contributed by atoms with E-state index in [1.54, 1.807) is 7.11 Å². The Morgan fingerprint density at radius 3 is 2.53 bits per heavy atom. The SMILES string of the molecule is CNc1cc([C@@H]2C[C@@H](O)[C@H](OC)C2)nn1C(C)(C)C. The summed E-state index contributed by atoms with van der Waals surface area (Å²) in [6.07, 6.45) is 1.11. The van der Waals surface area contributed by atoms with Crippen molar-refractivity contribution in [2.24, 2.45) is 0 Å². The molecule has 3 atom stereocenters. The predicted octanol–water partition coefficient (Wildman–Crippen LogP) is 1.93. The van der Waals surface area contributed by atoms with Crippen molar-refractivity contribution < 1.29 is 9.84 Å². The molecule has 0 aromatic carbocycles. The van der Waals surface area contributed by atoms with Gasteiger partial charge in [0.25, 0.3) is 0 Å². The summed E-state index contributed by atoms with van der Waals surface area (Å²) in [4.78, 5) is 0. The van der Waals surface area contributed by atoms with Gasteiger partial charge in [-0.05, 0) is 33.6 Å². The van der Waals surface area contributed by atoms with E-state index in [4.69, 9.17) is 9.84 Å². The fraction of sp³-hybridized carbons (Fsp3) is 0.786. The van der Waals surface area contributed by atoms with Crippen molar-refractivity contribution in [3.8, 4) is 0 Å². The third kappa shape index (κ3) is 2.77. The van der Waals surface area contributed by atoms with Crippen LogP contribution in [0.4, 0.5) is 5.82 Å². The molecule has 0 amide bonds. The summed E-state index contributed by atoms with van der Waals surface area (Å²) in [5.74, 6) is 1.29. The minimum absolute atomic E-state index is 0.0610. The fourth-order valence-electron chi connectivity index (χ4n) is 2.76. The van der Waals surface area contributed by atoms with E-state index in [9.17, 15) is 5.11 Å². The predicted molar refractivity (Wildman–Crippen MR) is 75.5 cm³/mol. The Morgan fingerprint density at radius 2 is 2.11 bits per heavy atom. The van der Waals surface area contributed by atoms with Crippen molar-refractivity contribution in [1.82, 2.24) is 9.78 Å². The second-order valence-corrected chi connectivity index (χ2v) is 6.30. The molecule has 1 heterocycles. The first-order valence-corrected chi connectivity index (χ1v) is 6.86. The number of aliphatic hydroxyl groups excluding tert-OH is 1. The molecule has 0 aliphatic heterocycles. The van der Waals surface area contributed by atoms with E-state index in [1.165, 1.54) is 0 Å². The molecule has 5 nitrogen and oxygen atoms in total. The number of nitrogens with zero attached hydrogens (tertiary/aromatic N) is 2. The number of rotatable bonds is 3. The number of hydrogen-bond acceptors (Lipinski definition) is 4. The Labute approximate surface area is 115 Å². The smallest absolute Gasteiger partial charge is 0.124 e. The minimum atomic E-state index is -0.382. The van der Waals surface area contributed by atoms with Gasteiger partial charge in [-0.1, -0.05) is 0 Å². The topological polar surface area (TPSA) is 59.3 Å². The van der Waals surface area contributed by atoms with Gasteiger partial charge in [0.15, 0.2) is 0 Å². The number of hydrogen-bond donors (Lipinski definition) is 2. The zero-order valence-electron chi connectivity index (χ0n) is 12.5. The molecule has 1 aromatic heterocycles. The van der Waals surface area contributed by atoms with Crippen LogP contribution >= 0.6 is 0 Å². The lowest BCUT2D eigenvalue weighted by molar-refractivity contribution is 0.00981. The molecule has 0 spiro atoms. The van der Waals surface area contributed by atoms with E-state index in [-0.39, 0.29) is 23.7 Å². The van der Waals surface area contributed by atoms with E-state index < -0.39 is 0 Å². The summed E-state index contributed by atoms with van der Waals surface area (Å²) in [5, 5.41) is 17.9. The van der Waals surface area contributed by atoms with Gasteiger partial charge in [-0.15, -0.1) is 0 Å². The van der Waals surface area contributed by atoms with Gasteiger partial charge < -0.3 is 15.2 Å². The lowest BCUT2D eigenvalue weighted by Gasteiger charge is -2.22. The van der Waals surface area contributed by atoms with Crippen molar-refractivity contribution in [2.75, 3.05) is 19.5 Å². The van der Waals surface area contributed by atoms with Crippen LogP contribution in [0.3, 0.4) is 0 Å². The van der Waals surface area contributed by atoms with Crippen molar-refractivity contribution in [1.29, 1.82) is 0 Å². The van der Waals surface area contributed by atoms with Crippen molar-refractivity contribution in [3.63, 3.8) is 0 Å². The highest BCUT2D eigenvalue weighted by atomic mass is 16.5. The molecular weight excluding hydrogens is 242 g/mol. The monoisotopic (exact) mass is 267 g/mol. The van der Waals surface area contributed by atoms with E-state index in [0.29, 0.717) is 0 Å². The molecule has 1 aromatic rings. The van der Waals surface area contributed by atoms with E-state index >= 15 is 0 Å². The highest BCUT2D eigenvalue weighted by Gasteiger charge is 2.36. The molecular formula is C14H25N3O2. The Kier molecular flexibility index (Phi) is 3.87. The molecule has 2 N–H and O–H groups in total. The van der Waals surface area contributed by atoms with E-state index in [1.807, 2.05) is 11.7 Å². The normalized spacial score (nSPS) is 27.8. The van der Waals surface area contributed by atoms with Crippen LogP contribution in [0.1, 0.15) is 45.2 Å². The molecule has 0 unspecified atom stereocenters. The van der Waals surface area contributed by atoms with Gasteiger partial charge in [0.2, 0.25) is 0 Å². The van der Waals surface area contributed by atoms with Gasteiger partial charge in [0, 0.05) is 26.1 Å². The van der Waals surface area contributed by atoms with Crippen LogP contribution < -0.4 is 5.32 Å². The number of nitrogens with one attached hydrogen (secondary N) is 1. The Balaban J connectivity index is 2.25. The molecule has 2 rings (SSSR count). The molecule has 19 heavy (non-hydrogen) atoms. The highest BCUT2D eigenvalue weighted by Crippen LogP contribution is 2.37. The van der Waals surface area contributed by atoms with Gasteiger partial charge in [0.1, 0.15) is 5.82 Å². The number of ether oxygens (including phenoxy) is 1. The van der Waals surface area contributed by atoms with Gasteiger partial charge in [0.05, 0.1) is 23.4 Å². The van der Waals surface area contributed by atoms with Crippen LogP contribution in [0.5, 0.6) is 0 Å². The quantitative estimate of drug-likeness (QED) is 0.878. The van der Waals surface area contributed by atoms with Crippen LogP contribution in [-0.4, -0.2) is 41.3 Å². The van der Waals surface area contributed by atoms with Gasteiger partial charge in [-0.2, -0.15) is 5.10 Å². The standard InChI is InChI=1S/C14H25N3O2/c1-14(2,3)17-13(15-4)8-10(16-17)9-6-11(18)12(7-9)19-5/h8-9,11-12,15,18H,6-7H2,1-5H3/t9-,11-,12-/m1/s1. The third-order valence-corrected chi connectivity index (χ3v) is 3.81. The van der Waals surface area contributed by atoms with Crippen LogP contribution in [0, 0.1) is 0 Å². The molecule has 1 aliphatic carbocycles. The summed E-state index contributed by atoms with van der Waals surface area (Å²) in [6, 6.07) is 2.08. The maximum absolute atomic E-state index is 9.94. The molecule has 0 radical (unpaired) electrons. The van der Waals surface area contributed by atoms with Crippen LogP contribution in [0.25, 0.3) is 0 Å². The number of aromatic nitrogens is 2. The summed E-state index contributed by atoms with van der Waals surface area (Å²) in [6.45, 7) is 6.39. The maximum atomic E-state index is 9.94. The fourth-order valence-corrected chi connectivity index (χ4v) is 2.76. The second kappa shape index (κ2) is 5.13. The Morgan fingerprint density at radius 1 is 1.42 bits per heavy atom. The summed E-state index contributed by atoms with van der Waals surface area (Å²) in [5.41, 5.74) is 0.979. The first-order chi connectivity index (χ1) is 8.86. The number of anilines is 1. The largest absolute Gasteiger partial charge is 0.390 e. The van der Waals surface area contributed by atoms with Crippen molar-refractivity contribution in [2.45, 2.75) is 57.3 Å². The van der Waals surface area contributed by atoms with E-state index in [0.717, 1.165) is 24.4 Å². The van der Waals surface area contributed by atoms with Crippen LogP contribution in [0.15, 0.2) is 6.07 Å². The molecule has 5 heteroatoms. The van der Waals surface area contributed by atoms with Crippen molar-refractivity contribution in [3.05, 3.63) is 11.8 Å². The van der Waals surface area contributed by atoms with Gasteiger partial charge >= 0.3 is 0 Å². The Bertz CT molecular complexity index is 436. The summed E-state index contributed by atoms with van der Waals surface area (Å²) in [7, 11) is 3.56. The Hall–Kier alpha value is -1.07. The second-order valence-electron chi connectivity index (χ2n) is 6.30. The lowest BCUT2D eigenvalue weighted by atomic mass is 10.0. The molecule has 108 valence electrons. The maximum Gasteiger partial charge on any atom is 0.124 e. The van der Waals surface area contributed by atoms with E-state index in [2.05, 4.69) is 32.2 Å².